The van der Waals surface area contributed by atoms with Crippen LogP contribution >= 0.6 is 0 Å². The summed E-state index contributed by atoms with van der Waals surface area (Å²) in [5.74, 6) is 6.62. The fraction of sp³-hybridized carbons (Fsp3) is 0.440. The molecule has 6 aromatic rings. The first kappa shape index (κ1) is 34.7. The molecule has 278 valence electrons. The molecule has 4 aliphatic rings. The summed E-state index contributed by atoms with van der Waals surface area (Å²) in [6.07, 6.45) is 13.1. The van der Waals surface area contributed by atoms with Gasteiger partial charge < -0.3 is 4.42 Å². The molecule has 0 saturated heterocycles. The molecule has 5 heteroatoms. The van der Waals surface area contributed by atoms with Gasteiger partial charge in [0, 0.05) is 27.5 Å². The average Bonchev–Trinajstić information content (AvgIpc) is 3.55. The normalized spacial score (nSPS) is 30.3. The van der Waals surface area contributed by atoms with Crippen molar-refractivity contribution < 1.29 is 4.42 Å². The van der Waals surface area contributed by atoms with Crippen molar-refractivity contribution in [2.45, 2.75) is 103 Å². The van der Waals surface area contributed by atoms with Crippen molar-refractivity contribution in [2.75, 3.05) is 0 Å². The number of hydrogen-bond acceptors (Lipinski definition) is 5. The molecule has 10 rings (SSSR count). The highest BCUT2D eigenvalue weighted by Crippen LogP contribution is 2.58. The van der Waals surface area contributed by atoms with Crippen molar-refractivity contribution in [3.05, 3.63) is 102 Å². The highest BCUT2D eigenvalue weighted by atomic mass is 16.3. The first-order valence-electron chi connectivity index (χ1n) is 21.0. The Labute approximate surface area is 325 Å². The van der Waals surface area contributed by atoms with Crippen molar-refractivity contribution >= 4 is 21.9 Å². The predicted octanol–water partition coefficient (Wildman–Crippen LogP) is 12.9. The Morgan fingerprint density at radius 1 is 0.545 bits per heavy atom. The van der Waals surface area contributed by atoms with E-state index in [1.807, 2.05) is 36.4 Å². The molecule has 8 atom stereocenters. The molecule has 0 radical (unpaired) electrons. The maximum atomic E-state index is 9.79. The van der Waals surface area contributed by atoms with Gasteiger partial charge in [0.15, 0.2) is 23.1 Å². The molecule has 0 spiro atoms. The maximum Gasteiger partial charge on any atom is 0.164 e. The zero-order chi connectivity index (χ0) is 37.5. The molecular weight excluding hydrogens is 673 g/mol. The van der Waals surface area contributed by atoms with Crippen LogP contribution in [0.15, 0.2) is 89.3 Å². The fourth-order valence-corrected chi connectivity index (χ4v) is 12.9. The van der Waals surface area contributed by atoms with E-state index in [2.05, 4.69) is 82.3 Å². The van der Waals surface area contributed by atoms with Gasteiger partial charge in [-0.2, -0.15) is 5.26 Å². The van der Waals surface area contributed by atoms with Gasteiger partial charge >= 0.3 is 0 Å². The third-order valence-corrected chi connectivity index (χ3v) is 14.2. The van der Waals surface area contributed by atoms with Crippen LogP contribution in [0.3, 0.4) is 0 Å². The molecule has 5 nitrogen and oxygen atoms in total. The van der Waals surface area contributed by atoms with Gasteiger partial charge in [0.1, 0.15) is 11.7 Å². The van der Waals surface area contributed by atoms with Gasteiger partial charge in [0.05, 0.1) is 5.56 Å². The Bertz CT molecular complexity index is 2370. The van der Waals surface area contributed by atoms with Crippen LogP contribution in [0.4, 0.5) is 0 Å². The lowest BCUT2D eigenvalue weighted by molar-refractivity contribution is 0.0738. The lowest BCUT2D eigenvalue weighted by Crippen LogP contribution is -2.44. The third kappa shape index (κ3) is 6.08. The van der Waals surface area contributed by atoms with E-state index < -0.39 is 0 Å². The van der Waals surface area contributed by atoms with Crippen molar-refractivity contribution in [1.82, 2.24) is 15.0 Å². The predicted molar refractivity (Wildman–Crippen MR) is 221 cm³/mol. The number of nitriles is 1. The summed E-state index contributed by atoms with van der Waals surface area (Å²) < 4.78 is 6.21. The van der Waals surface area contributed by atoms with E-state index in [1.54, 1.807) is 0 Å². The van der Waals surface area contributed by atoms with Gasteiger partial charge in [-0.25, -0.2) is 15.0 Å². The molecule has 2 aromatic heterocycles. The molecule has 4 unspecified atom stereocenters. The van der Waals surface area contributed by atoms with Crippen LogP contribution in [0.5, 0.6) is 0 Å². The molecule has 0 aliphatic heterocycles. The quantitative estimate of drug-likeness (QED) is 0.177. The summed E-state index contributed by atoms with van der Waals surface area (Å²) in [5.41, 5.74) is 8.37. The lowest BCUT2D eigenvalue weighted by Gasteiger charge is -2.52. The van der Waals surface area contributed by atoms with E-state index in [9.17, 15) is 5.26 Å². The van der Waals surface area contributed by atoms with E-state index in [0.29, 0.717) is 22.8 Å². The smallest absolute Gasteiger partial charge is 0.164 e. The number of fused-ring (bicyclic) bond motifs is 7. The SMILES string of the molecule is C[C@@H]1CC2C[C@H](C)CC(c3cc(-c4nc(-c5ccccc5)nc(-c5ccc6oc7c(C#N)cccc7c6c5)n4)cc(C45CC(C[C@@H](C)C4)C[C@H](C)C5)c3)(C2)C1. The molecular formula is C50H52N4O. The molecule has 4 bridgehead atoms. The van der Waals surface area contributed by atoms with Crippen LogP contribution in [0.1, 0.15) is 109 Å². The van der Waals surface area contributed by atoms with Crippen LogP contribution in [-0.2, 0) is 10.8 Å². The lowest BCUT2D eigenvalue weighted by atomic mass is 9.52. The van der Waals surface area contributed by atoms with Crippen molar-refractivity contribution in [2.24, 2.45) is 35.5 Å². The Balaban J connectivity index is 1.19. The van der Waals surface area contributed by atoms with E-state index in [4.69, 9.17) is 19.4 Å². The number of benzene rings is 4. The second-order valence-corrected chi connectivity index (χ2v) is 19.0. The molecule has 0 N–H and O–H groups in total. The highest BCUT2D eigenvalue weighted by molar-refractivity contribution is 6.07. The van der Waals surface area contributed by atoms with Gasteiger partial charge in [0.25, 0.3) is 0 Å². The van der Waals surface area contributed by atoms with Crippen LogP contribution < -0.4 is 0 Å². The van der Waals surface area contributed by atoms with Crippen molar-refractivity contribution in [3.8, 4) is 40.2 Å². The first-order chi connectivity index (χ1) is 26.7. The van der Waals surface area contributed by atoms with E-state index in [1.165, 1.54) is 75.3 Å². The molecule has 2 heterocycles. The summed E-state index contributed by atoms with van der Waals surface area (Å²) in [6.45, 7) is 10.0. The Morgan fingerprint density at radius 3 is 1.65 bits per heavy atom. The first-order valence-corrected chi connectivity index (χ1v) is 21.0. The number of aromatic nitrogens is 3. The second kappa shape index (κ2) is 13.1. The molecule has 4 fully saturated rings. The highest BCUT2D eigenvalue weighted by Gasteiger charge is 2.48. The monoisotopic (exact) mass is 724 g/mol. The van der Waals surface area contributed by atoms with Gasteiger partial charge in [-0.1, -0.05) is 76.2 Å². The van der Waals surface area contributed by atoms with E-state index >= 15 is 0 Å². The number of nitrogens with zero attached hydrogens (tertiary/aromatic N) is 4. The maximum absolute atomic E-state index is 9.79. The summed E-state index contributed by atoms with van der Waals surface area (Å²) in [5, 5.41) is 11.7. The Morgan fingerprint density at radius 2 is 1.09 bits per heavy atom. The molecule has 4 aromatic carbocycles. The van der Waals surface area contributed by atoms with Gasteiger partial charge in [-0.05, 0) is 158 Å². The summed E-state index contributed by atoms with van der Waals surface area (Å²) in [4.78, 5) is 15.9. The van der Waals surface area contributed by atoms with E-state index in [-0.39, 0.29) is 10.8 Å². The third-order valence-electron chi connectivity index (χ3n) is 14.2. The van der Waals surface area contributed by atoms with Gasteiger partial charge in [-0.3, -0.25) is 0 Å². The second-order valence-electron chi connectivity index (χ2n) is 19.0. The molecule has 4 aliphatic carbocycles. The molecule has 55 heavy (non-hydrogen) atoms. The summed E-state index contributed by atoms with van der Waals surface area (Å²) in [6, 6.07) is 32.3. The zero-order valence-corrected chi connectivity index (χ0v) is 32.8. The molecule has 0 amide bonds. The van der Waals surface area contributed by atoms with Crippen LogP contribution in [0.2, 0.25) is 0 Å². The van der Waals surface area contributed by atoms with Gasteiger partial charge in [0.2, 0.25) is 0 Å². The Hall–Kier alpha value is -4.82. The van der Waals surface area contributed by atoms with Crippen LogP contribution in [0.25, 0.3) is 56.1 Å². The van der Waals surface area contributed by atoms with Crippen LogP contribution in [0, 0.1) is 46.8 Å². The summed E-state index contributed by atoms with van der Waals surface area (Å²) in [7, 11) is 0. The van der Waals surface area contributed by atoms with Crippen LogP contribution in [-0.4, -0.2) is 15.0 Å². The average molecular weight is 725 g/mol. The topological polar surface area (TPSA) is 75.6 Å². The number of furan rings is 1. The minimum Gasteiger partial charge on any atom is -0.455 e. The minimum atomic E-state index is 0.190. The number of para-hydroxylation sites is 1. The summed E-state index contributed by atoms with van der Waals surface area (Å²) >= 11 is 0. The largest absolute Gasteiger partial charge is 0.455 e. The number of rotatable bonds is 5. The minimum absolute atomic E-state index is 0.190. The van der Waals surface area contributed by atoms with Crippen molar-refractivity contribution in [1.29, 1.82) is 5.26 Å². The molecule has 4 saturated carbocycles. The number of hydrogen-bond donors (Lipinski definition) is 0. The van der Waals surface area contributed by atoms with Gasteiger partial charge in [-0.15, -0.1) is 0 Å². The standard InChI is InChI=1S/C50H52N4O/c1-30-15-34-16-31(2)24-49(23-30,27-34)40-19-39(20-41(22-40)50-25-32(3)17-35(28-50)18-33(4)26-50)48-53-46(36-9-6-5-7-10-36)52-47(54-48)37-13-14-44-43(21-37)42-12-8-11-38(29-51)45(42)55-44/h5-14,19-22,30-35H,15-18,23-28H2,1-4H3/t30-,31+,32-,33+,34?,35?,49?,50?. The van der Waals surface area contributed by atoms with Crippen molar-refractivity contribution in [3.63, 3.8) is 0 Å². The zero-order valence-electron chi connectivity index (χ0n) is 32.8. The Kier molecular flexibility index (Phi) is 8.28. The fourth-order valence-electron chi connectivity index (χ4n) is 12.9. The van der Waals surface area contributed by atoms with E-state index in [0.717, 1.165) is 74.4 Å².